The standard InChI is InChI=1S/C22H30N6OS/c1-6-17(29)26-10-12-27(13-11-26)21-25-28-19(24-22(3,4)5)18(23-20(28)30-21)16-9-7-8-15(2)14-16/h7-9,14,24H,6,10-13H2,1-5H3. The average Bonchev–Trinajstić information content (AvgIpc) is 3.26. The van der Waals surface area contributed by atoms with Crippen LogP contribution in [-0.2, 0) is 4.79 Å². The number of benzene rings is 1. The third kappa shape index (κ3) is 4.14. The predicted molar refractivity (Wildman–Crippen MR) is 123 cm³/mol. The first-order valence-corrected chi connectivity index (χ1v) is 11.3. The van der Waals surface area contributed by atoms with Gasteiger partial charge in [0.15, 0.2) is 5.82 Å². The van der Waals surface area contributed by atoms with E-state index in [9.17, 15) is 4.79 Å². The smallest absolute Gasteiger partial charge is 0.222 e. The maximum absolute atomic E-state index is 12.0. The molecule has 3 heterocycles. The van der Waals surface area contributed by atoms with E-state index in [2.05, 4.69) is 62.2 Å². The Morgan fingerprint density at radius 1 is 1.20 bits per heavy atom. The summed E-state index contributed by atoms with van der Waals surface area (Å²) in [6, 6.07) is 8.41. The molecule has 0 unspecified atom stereocenters. The van der Waals surface area contributed by atoms with Crippen LogP contribution in [0.15, 0.2) is 24.3 Å². The highest BCUT2D eigenvalue weighted by molar-refractivity contribution is 7.20. The Morgan fingerprint density at radius 2 is 1.93 bits per heavy atom. The number of amides is 1. The normalized spacial score (nSPS) is 15.1. The minimum Gasteiger partial charge on any atom is -0.364 e. The lowest BCUT2D eigenvalue weighted by atomic mass is 10.1. The van der Waals surface area contributed by atoms with E-state index in [1.54, 1.807) is 11.3 Å². The van der Waals surface area contributed by atoms with Crippen LogP contribution in [0.2, 0.25) is 0 Å². The van der Waals surface area contributed by atoms with Crippen molar-refractivity contribution in [2.45, 2.75) is 46.6 Å². The van der Waals surface area contributed by atoms with Crippen molar-refractivity contribution in [2.75, 3.05) is 36.4 Å². The second-order valence-electron chi connectivity index (χ2n) is 8.85. The van der Waals surface area contributed by atoms with Gasteiger partial charge in [-0.2, -0.15) is 4.52 Å². The number of nitrogens with one attached hydrogen (secondary N) is 1. The number of hydrogen-bond donors (Lipinski definition) is 1. The summed E-state index contributed by atoms with van der Waals surface area (Å²) in [5, 5.41) is 9.47. The SMILES string of the molecule is CCC(=O)N1CCN(c2nn3c(NC(C)(C)C)c(-c4cccc(C)c4)nc3s2)CC1. The molecule has 0 atom stereocenters. The third-order valence-corrected chi connectivity index (χ3v) is 6.15. The van der Waals surface area contributed by atoms with Gasteiger partial charge >= 0.3 is 0 Å². The van der Waals surface area contributed by atoms with E-state index in [-0.39, 0.29) is 11.4 Å². The molecule has 1 aliphatic rings. The Kier molecular flexibility index (Phi) is 5.44. The summed E-state index contributed by atoms with van der Waals surface area (Å²) in [4.78, 5) is 22.0. The van der Waals surface area contributed by atoms with Gasteiger partial charge in [-0.1, -0.05) is 42.0 Å². The lowest BCUT2D eigenvalue weighted by Gasteiger charge is -2.34. The van der Waals surface area contributed by atoms with Crippen molar-refractivity contribution < 1.29 is 4.79 Å². The molecule has 1 amide bonds. The maximum Gasteiger partial charge on any atom is 0.222 e. The highest BCUT2D eigenvalue weighted by atomic mass is 32.1. The number of carbonyl (C=O) groups excluding carboxylic acids is 1. The summed E-state index contributed by atoms with van der Waals surface area (Å²) < 4.78 is 1.94. The van der Waals surface area contributed by atoms with Gasteiger partial charge in [-0.3, -0.25) is 4.79 Å². The number of nitrogens with zero attached hydrogens (tertiary/aromatic N) is 5. The van der Waals surface area contributed by atoms with Gasteiger partial charge in [0.05, 0.1) is 0 Å². The van der Waals surface area contributed by atoms with E-state index in [0.717, 1.165) is 53.3 Å². The topological polar surface area (TPSA) is 65.8 Å². The number of rotatable bonds is 4. The summed E-state index contributed by atoms with van der Waals surface area (Å²) in [5.74, 6) is 1.15. The fourth-order valence-electron chi connectivity index (χ4n) is 3.70. The molecule has 0 radical (unpaired) electrons. The van der Waals surface area contributed by atoms with Gasteiger partial charge in [-0.25, -0.2) is 4.98 Å². The monoisotopic (exact) mass is 426 g/mol. The first-order valence-electron chi connectivity index (χ1n) is 10.5. The Bertz CT molecular complexity index is 1060. The Hall–Kier alpha value is -2.61. The van der Waals surface area contributed by atoms with E-state index in [1.165, 1.54) is 5.56 Å². The van der Waals surface area contributed by atoms with E-state index >= 15 is 0 Å². The first kappa shape index (κ1) is 20.7. The molecule has 1 saturated heterocycles. The van der Waals surface area contributed by atoms with Crippen LogP contribution in [0.5, 0.6) is 0 Å². The fourth-order valence-corrected chi connectivity index (χ4v) is 4.65. The number of imidazole rings is 1. The molecule has 0 aliphatic carbocycles. The molecule has 3 aromatic rings. The van der Waals surface area contributed by atoms with Crippen LogP contribution in [-0.4, -0.2) is 57.1 Å². The fraction of sp³-hybridized carbons (Fsp3) is 0.500. The Balaban J connectivity index is 1.67. The number of aromatic nitrogens is 3. The van der Waals surface area contributed by atoms with Crippen molar-refractivity contribution in [1.82, 2.24) is 19.5 Å². The zero-order valence-electron chi connectivity index (χ0n) is 18.4. The molecule has 1 N–H and O–H groups in total. The van der Waals surface area contributed by atoms with Crippen molar-refractivity contribution in [3.05, 3.63) is 29.8 Å². The van der Waals surface area contributed by atoms with E-state index < -0.39 is 0 Å². The molecule has 1 aliphatic heterocycles. The molecule has 0 bridgehead atoms. The minimum absolute atomic E-state index is 0.121. The van der Waals surface area contributed by atoms with Crippen LogP contribution in [0.4, 0.5) is 10.9 Å². The second kappa shape index (κ2) is 7.91. The Morgan fingerprint density at radius 3 is 2.57 bits per heavy atom. The lowest BCUT2D eigenvalue weighted by molar-refractivity contribution is -0.131. The third-order valence-electron chi connectivity index (χ3n) is 5.18. The van der Waals surface area contributed by atoms with Crippen LogP contribution in [0.1, 0.15) is 39.7 Å². The molecular formula is C22H30N6OS. The van der Waals surface area contributed by atoms with Crippen molar-refractivity contribution in [1.29, 1.82) is 0 Å². The second-order valence-corrected chi connectivity index (χ2v) is 9.79. The number of aryl methyl sites for hydroxylation is 1. The van der Waals surface area contributed by atoms with Crippen LogP contribution < -0.4 is 10.2 Å². The summed E-state index contributed by atoms with van der Waals surface area (Å²) >= 11 is 1.60. The average molecular weight is 427 g/mol. The van der Waals surface area contributed by atoms with Crippen LogP contribution in [0.3, 0.4) is 0 Å². The quantitative estimate of drug-likeness (QED) is 0.682. The van der Waals surface area contributed by atoms with Crippen LogP contribution >= 0.6 is 11.3 Å². The molecule has 160 valence electrons. The van der Waals surface area contributed by atoms with Gasteiger partial charge in [0.2, 0.25) is 16.0 Å². The number of fused-ring (bicyclic) bond motifs is 1. The molecule has 30 heavy (non-hydrogen) atoms. The number of hydrogen-bond acceptors (Lipinski definition) is 6. The van der Waals surface area contributed by atoms with Gasteiger partial charge in [0.25, 0.3) is 0 Å². The largest absolute Gasteiger partial charge is 0.364 e. The Labute approximate surface area is 181 Å². The van der Waals surface area contributed by atoms with E-state index in [0.29, 0.717) is 6.42 Å². The van der Waals surface area contributed by atoms with Gasteiger partial charge in [-0.15, -0.1) is 5.10 Å². The van der Waals surface area contributed by atoms with Crippen molar-refractivity contribution in [2.24, 2.45) is 0 Å². The number of piperazine rings is 1. The lowest BCUT2D eigenvalue weighted by Crippen LogP contribution is -2.48. The highest BCUT2D eigenvalue weighted by Gasteiger charge is 2.26. The van der Waals surface area contributed by atoms with Crippen molar-refractivity contribution in [3.8, 4) is 11.3 Å². The van der Waals surface area contributed by atoms with Gasteiger partial charge in [0.1, 0.15) is 5.69 Å². The number of anilines is 2. The molecule has 2 aromatic heterocycles. The number of carbonyl (C=O) groups is 1. The van der Waals surface area contributed by atoms with Crippen LogP contribution in [0.25, 0.3) is 16.2 Å². The van der Waals surface area contributed by atoms with E-state index in [1.807, 2.05) is 16.3 Å². The van der Waals surface area contributed by atoms with E-state index in [4.69, 9.17) is 10.1 Å². The van der Waals surface area contributed by atoms with Gasteiger partial charge in [-0.05, 0) is 33.8 Å². The molecular weight excluding hydrogens is 396 g/mol. The maximum atomic E-state index is 12.0. The molecule has 1 aromatic carbocycles. The van der Waals surface area contributed by atoms with Crippen molar-refractivity contribution in [3.63, 3.8) is 0 Å². The van der Waals surface area contributed by atoms with Crippen LogP contribution in [0, 0.1) is 6.92 Å². The van der Waals surface area contributed by atoms with Gasteiger partial charge in [0, 0.05) is 43.7 Å². The zero-order chi connectivity index (χ0) is 21.5. The van der Waals surface area contributed by atoms with Crippen molar-refractivity contribution >= 4 is 33.2 Å². The molecule has 8 heteroatoms. The summed E-state index contributed by atoms with van der Waals surface area (Å²) in [7, 11) is 0. The summed E-state index contributed by atoms with van der Waals surface area (Å²) in [6.45, 7) is 13.5. The minimum atomic E-state index is -0.121. The summed E-state index contributed by atoms with van der Waals surface area (Å²) in [5.41, 5.74) is 3.11. The summed E-state index contributed by atoms with van der Waals surface area (Å²) in [6.07, 6.45) is 0.564. The molecule has 4 rings (SSSR count). The zero-order valence-corrected chi connectivity index (χ0v) is 19.2. The predicted octanol–water partition coefficient (Wildman–Crippen LogP) is 4.04. The van der Waals surface area contributed by atoms with Gasteiger partial charge < -0.3 is 15.1 Å². The molecule has 7 nitrogen and oxygen atoms in total. The molecule has 1 fully saturated rings. The first-order chi connectivity index (χ1) is 14.2. The molecule has 0 spiro atoms. The molecule has 0 saturated carbocycles. The highest BCUT2D eigenvalue weighted by Crippen LogP contribution is 2.35.